The first kappa shape index (κ1) is 20.4. The Bertz CT molecular complexity index is 802. The summed E-state index contributed by atoms with van der Waals surface area (Å²) in [6.45, 7) is 8.26. The maximum Gasteiger partial charge on any atom is 0.340 e. The van der Waals surface area contributed by atoms with Gasteiger partial charge in [-0.2, -0.15) is 0 Å². The van der Waals surface area contributed by atoms with Crippen LogP contribution in [0.4, 0.5) is 0 Å². The topological polar surface area (TPSA) is 72.9 Å². The van der Waals surface area contributed by atoms with E-state index in [1.54, 1.807) is 49.1 Å². The van der Waals surface area contributed by atoms with Crippen LogP contribution in [0.5, 0.6) is 0 Å². The lowest BCUT2D eigenvalue weighted by atomic mass is 10.0. The van der Waals surface area contributed by atoms with Gasteiger partial charge in [-0.05, 0) is 43.5 Å². The number of allylic oxidation sites excluding steroid dienone is 1. The van der Waals surface area contributed by atoms with Gasteiger partial charge in [-0.25, -0.2) is 9.59 Å². The van der Waals surface area contributed by atoms with Crippen molar-refractivity contribution in [2.75, 3.05) is 20.3 Å². The summed E-state index contributed by atoms with van der Waals surface area (Å²) >= 11 is 0. The van der Waals surface area contributed by atoms with Crippen molar-refractivity contribution in [3.8, 4) is 0 Å². The molecule has 27 heavy (non-hydrogen) atoms. The molecule has 1 aromatic carbocycles. The average Bonchev–Trinajstić information content (AvgIpc) is 2.86. The predicted molar refractivity (Wildman–Crippen MR) is 102 cm³/mol. The number of rotatable bonds is 6. The molecule has 0 aromatic heterocycles. The van der Waals surface area contributed by atoms with Crippen molar-refractivity contribution >= 4 is 23.9 Å². The fourth-order valence-electron chi connectivity index (χ4n) is 2.91. The average molecular weight is 371 g/mol. The molecule has 0 fully saturated rings. The largest absolute Gasteiger partial charge is 0.465 e. The van der Waals surface area contributed by atoms with Crippen molar-refractivity contribution in [2.45, 2.75) is 27.7 Å². The number of methoxy groups -OCH3 is 1. The second kappa shape index (κ2) is 8.66. The van der Waals surface area contributed by atoms with Crippen molar-refractivity contribution < 1.29 is 23.9 Å². The van der Waals surface area contributed by atoms with Gasteiger partial charge in [-0.15, -0.1) is 0 Å². The van der Waals surface area contributed by atoms with E-state index in [9.17, 15) is 14.4 Å². The minimum atomic E-state index is -0.507. The van der Waals surface area contributed by atoms with E-state index in [2.05, 4.69) is 4.74 Å². The van der Waals surface area contributed by atoms with Gasteiger partial charge >= 0.3 is 11.9 Å². The van der Waals surface area contributed by atoms with Crippen LogP contribution in [0.1, 0.15) is 43.6 Å². The SMILES string of the molecule is CCOC(=O)C1=C(C)N(CC(C)C)C(=O)/C1=C\c1ccc(C(=O)OC)cc1. The van der Waals surface area contributed by atoms with Crippen LogP contribution in [0.15, 0.2) is 41.1 Å². The first-order chi connectivity index (χ1) is 12.8. The Labute approximate surface area is 159 Å². The molecular weight excluding hydrogens is 346 g/mol. The minimum Gasteiger partial charge on any atom is -0.465 e. The molecule has 0 unspecified atom stereocenters. The summed E-state index contributed by atoms with van der Waals surface area (Å²) in [5.74, 6) is -0.906. The third-order valence-corrected chi connectivity index (χ3v) is 4.18. The third kappa shape index (κ3) is 4.45. The molecule has 0 saturated carbocycles. The van der Waals surface area contributed by atoms with E-state index in [1.165, 1.54) is 7.11 Å². The van der Waals surface area contributed by atoms with Gasteiger partial charge in [-0.3, -0.25) is 4.79 Å². The van der Waals surface area contributed by atoms with Gasteiger partial charge in [0.15, 0.2) is 0 Å². The van der Waals surface area contributed by atoms with Crippen molar-refractivity contribution in [2.24, 2.45) is 5.92 Å². The van der Waals surface area contributed by atoms with Gasteiger partial charge in [0.25, 0.3) is 5.91 Å². The monoisotopic (exact) mass is 371 g/mol. The molecule has 0 spiro atoms. The van der Waals surface area contributed by atoms with E-state index >= 15 is 0 Å². The van der Waals surface area contributed by atoms with Crippen LogP contribution in [0, 0.1) is 5.92 Å². The summed E-state index contributed by atoms with van der Waals surface area (Å²) in [5.41, 5.74) is 2.31. The summed E-state index contributed by atoms with van der Waals surface area (Å²) < 4.78 is 9.84. The van der Waals surface area contributed by atoms with Crippen LogP contribution in [0.2, 0.25) is 0 Å². The zero-order valence-corrected chi connectivity index (χ0v) is 16.4. The van der Waals surface area contributed by atoms with Crippen LogP contribution < -0.4 is 0 Å². The quantitative estimate of drug-likeness (QED) is 0.567. The third-order valence-electron chi connectivity index (χ3n) is 4.18. The predicted octanol–water partition coefficient (Wildman–Crippen LogP) is 3.19. The Morgan fingerprint density at radius 2 is 1.78 bits per heavy atom. The maximum atomic E-state index is 12.9. The van der Waals surface area contributed by atoms with E-state index < -0.39 is 11.9 Å². The number of ether oxygens (including phenoxy) is 2. The summed E-state index contributed by atoms with van der Waals surface area (Å²) in [6.07, 6.45) is 1.65. The maximum absolute atomic E-state index is 12.9. The number of carbonyl (C=O) groups excluding carboxylic acids is 3. The molecule has 0 saturated heterocycles. The molecule has 1 aromatic rings. The molecule has 6 nitrogen and oxygen atoms in total. The fraction of sp³-hybridized carbons (Fsp3) is 0.381. The summed E-state index contributed by atoms with van der Waals surface area (Å²) in [5, 5.41) is 0. The van der Waals surface area contributed by atoms with Gasteiger partial charge in [0, 0.05) is 12.2 Å². The van der Waals surface area contributed by atoms with Gasteiger partial charge in [0.05, 0.1) is 30.4 Å². The molecule has 2 rings (SSSR count). The lowest BCUT2D eigenvalue weighted by Crippen LogP contribution is -2.28. The highest BCUT2D eigenvalue weighted by atomic mass is 16.5. The van der Waals surface area contributed by atoms with Gasteiger partial charge in [0.1, 0.15) is 0 Å². The van der Waals surface area contributed by atoms with Crippen LogP contribution in [0.3, 0.4) is 0 Å². The van der Waals surface area contributed by atoms with E-state index in [0.717, 1.165) is 0 Å². The number of esters is 2. The second-order valence-electron chi connectivity index (χ2n) is 6.66. The van der Waals surface area contributed by atoms with E-state index in [-0.39, 0.29) is 18.4 Å². The van der Waals surface area contributed by atoms with Crippen molar-refractivity contribution in [3.05, 3.63) is 52.2 Å². The van der Waals surface area contributed by atoms with E-state index in [4.69, 9.17) is 4.74 Å². The van der Waals surface area contributed by atoms with Gasteiger partial charge < -0.3 is 14.4 Å². The molecule has 0 bridgehead atoms. The Balaban J connectivity index is 2.45. The number of amides is 1. The summed E-state index contributed by atoms with van der Waals surface area (Å²) in [6, 6.07) is 6.64. The molecule has 1 aliphatic heterocycles. The number of benzene rings is 1. The number of nitrogens with zero attached hydrogens (tertiary/aromatic N) is 1. The van der Waals surface area contributed by atoms with Crippen molar-refractivity contribution in [3.63, 3.8) is 0 Å². The molecule has 0 radical (unpaired) electrons. The number of hydrogen-bond donors (Lipinski definition) is 0. The van der Waals surface area contributed by atoms with Crippen molar-refractivity contribution in [1.82, 2.24) is 4.90 Å². The van der Waals surface area contributed by atoms with Crippen molar-refractivity contribution in [1.29, 1.82) is 0 Å². The molecule has 1 amide bonds. The fourth-order valence-corrected chi connectivity index (χ4v) is 2.91. The first-order valence-corrected chi connectivity index (χ1v) is 8.90. The molecule has 0 aliphatic carbocycles. The summed E-state index contributed by atoms with van der Waals surface area (Å²) in [7, 11) is 1.32. The molecule has 6 heteroatoms. The normalized spacial score (nSPS) is 15.7. The number of hydrogen-bond acceptors (Lipinski definition) is 5. The van der Waals surface area contributed by atoms with E-state index in [0.29, 0.717) is 34.5 Å². The lowest BCUT2D eigenvalue weighted by molar-refractivity contribution is -0.138. The zero-order chi connectivity index (χ0) is 20.1. The Hall–Kier alpha value is -2.89. The zero-order valence-electron chi connectivity index (χ0n) is 16.4. The van der Waals surface area contributed by atoms with Crippen LogP contribution in [0.25, 0.3) is 6.08 Å². The van der Waals surface area contributed by atoms with Crippen LogP contribution in [-0.4, -0.2) is 43.0 Å². The second-order valence-corrected chi connectivity index (χ2v) is 6.66. The molecule has 0 atom stereocenters. The van der Waals surface area contributed by atoms with Gasteiger partial charge in [0.2, 0.25) is 0 Å². The highest BCUT2D eigenvalue weighted by Gasteiger charge is 2.37. The highest BCUT2D eigenvalue weighted by Crippen LogP contribution is 2.32. The molecule has 0 N–H and O–H groups in total. The lowest BCUT2D eigenvalue weighted by Gasteiger charge is -2.19. The minimum absolute atomic E-state index is 0.221. The van der Waals surface area contributed by atoms with Gasteiger partial charge in [-0.1, -0.05) is 26.0 Å². The number of carbonyl (C=O) groups is 3. The molecule has 144 valence electrons. The Morgan fingerprint density at radius 3 is 2.30 bits per heavy atom. The summed E-state index contributed by atoms with van der Waals surface area (Å²) in [4.78, 5) is 38.6. The Kier molecular flexibility index (Phi) is 6.55. The standard InChI is InChI=1S/C21H25NO5/c1-6-27-21(25)18-14(4)22(12-13(2)3)19(23)17(18)11-15-7-9-16(10-8-15)20(24)26-5/h7-11,13H,6,12H2,1-5H3/b17-11-. The van der Waals surface area contributed by atoms with E-state index in [1.807, 2.05) is 13.8 Å². The molecule has 1 heterocycles. The highest BCUT2D eigenvalue weighted by molar-refractivity contribution is 6.16. The smallest absolute Gasteiger partial charge is 0.340 e. The molecule has 1 aliphatic rings. The first-order valence-electron chi connectivity index (χ1n) is 8.90. The Morgan fingerprint density at radius 1 is 1.15 bits per heavy atom. The van der Waals surface area contributed by atoms with Crippen LogP contribution >= 0.6 is 0 Å². The molecular formula is C21H25NO5. The van der Waals surface area contributed by atoms with Crippen LogP contribution in [-0.2, 0) is 19.1 Å².